The van der Waals surface area contributed by atoms with E-state index in [4.69, 9.17) is 0 Å². The van der Waals surface area contributed by atoms with E-state index in [1.165, 1.54) is 39.2 Å². The lowest BCUT2D eigenvalue weighted by Crippen LogP contribution is -2.03. The number of hydrogen-bond donors (Lipinski definition) is 0. The molecule has 0 bridgehead atoms. The molecular weight excluding hydrogens is 551 g/mol. The first-order valence-electron chi connectivity index (χ1n) is 11.2. The molecule has 0 aliphatic carbocycles. The van der Waals surface area contributed by atoms with Gasteiger partial charge in [-0.05, 0) is 28.8 Å². The summed E-state index contributed by atoms with van der Waals surface area (Å²) in [6.45, 7) is 5.34. The van der Waals surface area contributed by atoms with Gasteiger partial charge in [0.15, 0.2) is 0 Å². The summed E-state index contributed by atoms with van der Waals surface area (Å²) in [7, 11) is 0. The molecule has 0 atom stereocenters. The van der Waals surface area contributed by atoms with E-state index in [9.17, 15) is 9.59 Å². The van der Waals surface area contributed by atoms with Crippen molar-refractivity contribution in [2.75, 3.05) is 0 Å². The van der Waals surface area contributed by atoms with E-state index in [-0.39, 0.29) is 10.9 Å². The molecule has 35 heavy (non-hydrogen) atoms. The minimum Gasteiger partial charge on any atom is -0.338 e. The molecular formula is C26H13NO2S6. The van der Waals surface area contributed by atoms with Crippen molar-refractivity contribution in [2.45, 2.75) is 20.4 Å². The van der Waals surface area contributed by atoms with E-state index in [0.29, 0.717) is 5.92 Å². The average molecular weight is 564 g/mol. The fourth-order valence-corrected chi connectivity index (χ4v) is 13.2. The van der Waals surface area contributed by atoms with Crippen LogP contribution in [-0.4, -0.2) is 4.57 Å². The van der Waals surface area contributed by atoms with Crippen LogP contribution in [0.4, 0.5) is 0 Å². The molecule has 0 saturated carbocycles. The zero-order chi connectivity index (χ0) is 23.3. The number of thiophene rings is 6. The SMILES string of the molecule is CC(C)Cn1c2c(sc3c(=O)c4sc5ccsc5c4c32)c2sc3c(=O)c4sc5ccsc5c4c3c21. The molecule has 0 saturated heterocycles. The van der Waals surface area contributed by atoms with Crippen molar-refractivity contribution in [3.8, 4) is 0 Å². The van der Waals surface area contributed by atoms with Crippen molar-refractivity contribution >= 4 is 148 Å². The highest BCUT2D eigenvalue weighted by Gasteiger charge is 2.30. The zero-order valence-corrected chi connectivity index (χ0v) is 23.2. The fourth-order valence-electron chi connectivity index (χ4n) is 5.74. The van der Waals surface area contributed by atoms with E-state index < -0.39 is 0 Å². The predicted octanol–water partition coefficient (Wildman–Crippen LogP) is 9.33. The van der Waals surface area contributed by atoms with Crippen molar-refractivity contribution in [1.82, 2.24) is 4.57 Å². The van der Waals surface area contributed by atoms with Crippen LogP contribution in [0.2, 0.25) is 0 Å². The number of fused-ring (bicyclic) bond motifs is 15. The minimum atomic E-state index is 0.175. The third-order valence-corrected chi connectivity index (χ3v) is 13.9. The first-order valence-corrected chi connectivity index (χ1v) is 16.3. The summed E-state index contributed by atoms with van der Waals surface area (Å²) in [6.07, 6.45) is 0. The Balaban J connectivity index is 1.60. The lowest BCUT2D eigenvalue weighted by molar-refractivity contribution is 0.547. The molecule has 9 aromatic rings. The van der Waals surface area contributed by atoms with Crippen molar-refractivity contribution in [2.24, 2.45) is 5.92 Å². The maximum atomic E-state index is 13.5. The lowest BCUT2D eigenvalue weighted by Gasteiger charge is -2.10. The molecule has 0 radical (unpaired) electrons. The van der Waals surface area contributed by atoms with Gasteiger partial charge in [0.25, 0.3) is 0 Å². The molecule has 7 heterocycles. The van der Waals surface area contributed by atoms with Crippen LogP contribution in [0.5, 0.6) is 0 Å². The van der Waals surface area contributed by atoms with Gasteiger partial charge in [0.05, 0.1) is 48.6 Å². The van der Waals surface area contributed by atoms with Crippen molar-refractivity contribution in [3.05, 3.63) is 43.3 Å². The summed E-state index contributed by atoms with van der Waals surface area (Å²) in [4.78, 5) is 27.0. The highest BCUT2D eigenvalue weighted by atomic mass is 32.1. The maximum absolute atomic E-state index is 13.5. The standard InChI is InChI=1S/C26H13NO2S6/c1-8(2)7-27-15-11-13-19-9(3-5-30-19)32-23(13)17(28)21(11)34-25(15)26-16(27)12-14-20-10(4-6-31-20)33-24(14)18(29)22(12)35-26/h3-6,8H,7H2,1-2H3. The monoisotopic (exact) mass is 563 g/mol. The van der Waals surface area contributed by atoms with Crippen LogP contribution < -0.4 is 10.9 Å². The molecule has 0 fully saturated rings. The Hall–Kier alpha value is -2.14. The van der Waals surface area contributed by atoms with Gasteiger partial charge in [-0.2, -0.15) is 0 Å². The molecule has 0 N–H and O–H groups in total. The third kappa shape index (κ3) is 2.19. The van der Waals surface area contributed by atoms with Gasteiger partial charge in [-0.25, -0.2) is 0 Å². The van der Waals surface area contributed by atoms with Gasteiger partial charge in [-0.15, -0.1) is 68.0 Å². The van der Waals surface area contributed by atoms with Gasteiger partial charge in [0.2, 0.25) is 10.9 Å². The number of aromatic nitrogens is 1. The predicted molar refractivity (Wildman–Crippen MR) is 161 cm³/mol. The van der Waals surface area contributed by atoms with Gasteiger partial charge >= 0.3 is 0 Å². The molecule has 7 aromatic heterocycles. The van der Waals surface area contributed by atoms with E-state index >= 15 is 0 Å². The van der Waals surface area contributed by atoms with Crippen LogP contribution in [0.15, 0.2) is 32.5 Å². The first kappa shape index (κ1) is 20.0. The fraction of sp³-hybridized carbons (Fsp3) is 0.154. The van der Waals surface area contributed by atoms with Crippen LogP contribution in [0.1, 0.15) is 13.8 Å². The molecule has 9 rings (SSSR count). The zero-order valence-electron chi connectivity index (χ0n) is 18.3. The Morgan fingerprint density at radius 2 is 1.09 bits per heavy atom. The summed E-state index contributed by atoms with van der Waals surface area (Å²) in [5.41, 5.74) is 2.74. The van der Waals surface area contributed by atoms with E-state index in [1.54, 1.807) is 68.0 Å². The molecule has 0 aliphatic rings. The Bertz CT molecular complexity index is 2270. The van der Waals surface area contributed by atoms with Crippen molar-refractivity contribution in [1.29, 1.82) is 0 Å². The van der Waals surface area contributed by atoms with Crippen molar-refractivity contribution < 1.29 is 0 Å². The summed E-state index contributed by atoms with van der Waals surface area (Å²) < 4.78 is 13.2. The number of nitrogens with zero attached hydrogens (tertiary/aromatic N) is 1. The molecule has 0 aliphatic heterocycles. The molecule has 0 amide bonds. The summed E-state index contributed by atoms with van der Waals surface area (Å²) in [5, 5.41) is 8.81. The first-order chi connectivity index (χ1) is 17.0. The summed E-state index contributed by atoms with van der Waals surface area (Å²) >= 11 is 10.0. The van der Waals surface area contributed by atoms with Gasteiger partial charge < -0.3 is 4.57 Å². The molecule has 170 valence electrons. The second-order valence-electron chi connectivity index (χ2n) is 9.47. The Morgan fingerprint density at radius 1 is 0.629 bits per heavy atom. The molecule has 0 unspecified atom stereocenters. The minimum absolute atomic E-state index is 0.175. The lowest BCUT2D eigenvalue weighted by atomic mass is 10.2. The van der Waals surface area contributed by atoms with Gasteiger partial charge in [0.1, 0.15) is 0 Å². The number of rotatable bonds is 2. The highest BCUT2D eigenvalue weighted by Crippen LogP contribution is 2.53. The van der Waals surface area contributed by atoms with Crippen LogP contribution >= 0.6 is 68.0 Å². The van der Waals surface area contributed by atoms with Crippen LogP contribution in [0, 0.1) is 5.92 Å². The van der Waals surface area contributed by atoms with Gasteiger partial charge in [0, 0.05) is 37.5 Å². The quantitative estimate of drug-likeness (QED) is 0.210. The van der Waals surface area contributed by atoms with E-state index in [1.807, 2.05) is 0 Å². The van der Waals surface area contributed by atoms with Crippen LogP contribution in [0.25, 0.3) is 79.6 Å². The van der Waals surface area contributed by atoms with Crippen LogP contribution in [-0.2, 0) is 6.54 Å². The second kappa shape index (κ2) is 6.40. The third-order valence-electron chi connectivity index (χ3n) is 6.98. The Kier molecular flexibility index (Phi) is 3.65. The summed E-state index contributed by atoms with van der Waals surface area (Å²) in [6, 6.07) is 4.27. The topological polar surface area (TPSA) is 39.1 Å². The molecule has 2 aromatic carbocycles. The smallest absolute Gasteiger partial charge is 0.214 e. The summed E-state index contributed by atoms with van der Waals surface area (Å²) in [5.74, 6) is 0.432. The largest absolute Gasteiger partial charge is 0.338 e. The van der Waals surface area contributed by atoms with Gasteiger partial charge in [-0.3, -0.25) is 9.59 Å². The number of hydrogen-bond acceptors (Lipinski definition) is 8. The van der Waals surface area contributed by atoms with E-state index in [2.05, 4.69) is 41.3 Å². The second-order valence-corrected chi connectivity index (χ2v) is 15.4. The molecule has 3 nitrogen and oxygen atoms in total. The average Bonchev–Trinajstić information content (AvgIpc) is 3.62. The maximum Gasteiger partial charge on any atom is 0.214 e. The van der Waals surface area contributed by atoms with E-state index in [0.717, 1.165) is 46.9 Å². The van der Waals surface area contributed by atoms with Crippen molar-refractivity contribution in [3.63, 3.8) is 0 Å². The highest BCUT2D eigenvalue weighted by molar-refractivity contribution is 7.37. The van der Waals surface area contributed by atoms with Gasteiger partial charge in [-0.1, -0.05) is 13.8 Å². The van der Waals surface area contributed by atoms with Crippen LogP contribution in [0.3, 0.4) is 0 Å². The Labute approximate surface area is 220 Å². The molecule has 0 spiro atoms. The molecule has 9 heteroatoms. The normalized spacial score (nSPS) is 13.5. The Morgan fingerprint density at radius 3 is 1.54 bits per heavy atom.